The molecule has 0 aromatic heterocycles. The summed E-state index contributed by atoms with van der Waals surface area (Å²) in [5, 5.41) is 0. The van der Waals surface area contributed by atoms with Crippen LogP contribution in [0, 0.1) is 11.5 Å². The average Bonchev–Trinajstić information content (AvgIpc) is 2.30. The van der Waals surface area contributed by atoms with Gasteiger partial charge in [-0.25, -0.2) is 0 Å². The first kappa shape index (κ1) is 11.9. The molecule has 1 radical (unpaired) electrons. The van der Waals surface area contributed by atoms with Crippen molar-refractivity contribution in [3.63, 3.8) is 0 Å². The summed E-state index contributed by atoms with van der Waals surface area (Å²) in [5.41, 5.74) is 2.83. The second kappa shape index (κ2) is 4.75. The Morgan fingerprint density at radius 2 is 1.53 bits per heavy atom. The van der Waals surface area contributed by atoms with Crippen LogP contribution in [0.15, 0.2) is 54.6 Å². The molecule has 2 rings (SSSR count). The molecular formula is C17H19. The Labute approximate surface area is 104 Å². The third-order valence-corrected chi connectivity index (χ3v) is 3.04. The average molecular weight is 223 g/mol. The summed E-state index contributed by atoms with van der Waals surface area (Å²) in [4.78, 5) is 0. The van der Waals surface area contributed by atoms with Crippen LogP contribution in [0.25, 0.3) is 0 Å². The van der Waals surface area contributed by atoms with Gasteiger partial charge >= 0.3 is 0 Å². The van der Waals surface area contributed by atoms with Gasteiger partial charge in [0.2, 0.25) is 0 Å². The van der Waals surface area contributed by atoms with E-state index in [-0.39, 0.29) is 5.41 Å². The smallest absolute Gasteiger partial charge is 0.0144 e. The van der Waals surface area contributed by atoms with Gasteiger partial charge in [-0.05, 0) is 22.6 Å². The zero-order valence-electron chi connectivity index (χ0n) is 10.8. The minimum absolute atomic E-state index is 0.194. The van der Waals surface area contributed by atoms with Crippen LogP contribution >= 0.6 is 0 Å². The maximum atomic E-state index is 3.37. The highest BCUT2D eigenvalue weighted by molar-refractivity contribution is 5.33. The molecule has 1 atom stereocenters. The Hall–Kier alpha value is -1.56. The SMILES string of the molecule is CC(C)(C)C(c1[c]cccc1)c1ccccc1. The largest absolute Gasteiger partial charge is 0.0622 e. The molecule has 0 bridgehead atoms. The second-order valence-corrected chi connectivity index (χ2v) is 5.53. The molecule has 0 nitrogen and oxygen atoms in total. The Balaban J connectivity index is 2.48. The molecule has 87 valence electrons. The Bertz CT molecular complexity index is 409. The lowest BCUT2D eigenvalue weighted by atomic mass is 9.73. The summed E-state index contributed by atoms with van der Waals surface area (Å²) in [7, 11) is 0. The number of benzene rings is 2. The molecule has 0 N–H and O–H groups in total. The minimum Gasteiger partial charge on any atom is -0.0622 e. The maximum Gasteiger partial charge on any atom is 0.0144 e. The highest BCUT2D eigenvalue weighted by Gasteiger charge is 2.27. The van der Waals surface area contributed by atoms with Gasteiger partial charge in [-0.2, -0.15) is 0 Å². The first-order valence-corrected chi connectivity index (χ1v) is 6.10. The Kier molecular flexibility index (Phi) is 3.33. The number of rotatable bonds is 2. The number of hydrogen-bond donors (Lipinski definition) is 0. The summed E-state index contributed by atoms with van der Waals surface area (Å²) >= 11 is 0. The van der Waals surface area contributed by atoms with Crippen LogP contribution in [0.4, 0.5) is 0 Å². The molecule has 0 aliphatic heterocycles. The Morgan fingerprint density at radius 3 is 2.06 bits per heavy atom. The monoisotopic (exact) mass is 223 g/mol. The highest BCUT2D eigenvalue weighted by Crippen LogP contribution is 2.39. The van der Waals surface area contributed by atoms with Gasteiger partial charge in [0.1, 0.15) is 0 Å². The van der Waals surface area contributed by atoms with Crippen molar-refractivity contribution >= 4 is 0 Å². The summed E-state index contributed by atoms with van der Waals surface area (Å²) in [6.07, 6.45) is 0. The van der Waals surface area contributed by atoms with Gasteiger partial charge in [-0.15, -0.1) is 0 Å². The lowest BCUT2D eigenvalue weighted by Crippen LogP contribution is -2.19. The fraction of sp³-hybridized carbons (Fsp3) is 0.294. The van der Waals surface area contributed by atoms with Gasteiger partial charge in [-0.3, -0.25) is 0 Å². The van der Waals surface area contributed by atoms with Crippen LogP contribution in [-0.4, -0.2) is 0 Å². The van der Waals surface area contributed by atoms with E-state index in [9.17, 15) is 0 Å². The lowest BCUT2D eigenvalue weighted by Gasteiger charge is -2.31. The molecule has 0 saturated heterocycles. The van der Waals surface area contributed by atoms with Crippen LogP contribution in [0.2, 0.25) is 0 Å². The van der Waals surface area contributed by atoms with E-state index in [1.807, 2.05) is 12.1 Å². The number of hydrogen-bond acceptors (Lipinski definition) is 0. The second-order valence-electron chi connectivity index (χ2n) is 5.53. The van der Waals surface area contributed by atoms with Crippen LogP contribution in [0.5, 0.6) is 0 Å². The van der Waals surface area contributed by atoms with Crippen molar-refractivity contribution in [3.8, 4) is 0 Å². The van der Waals surface area contributed by atoms with Gasteiger partial charge in [0.25, 0.3) is 0 Å². The Morgan fingerprint density at radius 1 is 0.882 bits per heavy atom. The van der Waals surface area contributed by atoms with E-state index in [1.54, 1.807) is 0 Å². The molecule has 0 saturated carbocycles. The molecule has 0 heterocycles. The van der Waals surface area contributed by atoms with E-state index in [1.165, 1.54) is 11.1 Å². The summed E-state index contributed by atoms with van der Waals surface area (Å²) in [6, 6.07) is 22.3. The van der Waals surface area contributed by atoms with Gasteiger partial charge in [0.15, 0.2) is 0 Å². The molecule has 2 aromatic rings. The molecule has 0 aliphatic rings. The molecule has 0 aliphatic carbocycles. The van der Waals surface area contributed by atoms with Crippen molar-refractivity contribution < 1.29 is 0 Å². The molecule has 0 fully saturated rings. The highest BCUT2D eigenvalue weighted by atomic mass is 14.3. The van der Waals surface area contributed by atoms with Gasteiger partial charge in [-0.1, -0.05) is 75.4 Å². The summed E-state index contributed by atoms with van der Waals surface area (Å²) in [5.74, 6) is 0.393. The van der Waals surface area contributed by atoms with Crippen LogP contribution < -0.4 is 0 Å². The van der Waals surface area contributed by atoms with E-state index >= 15 is 0 Å². The molecule has 0 heteroatoms. The zero-order chi connectivity index (χ0) is 12.3. The molecule has 2 aromatic carbocycles. The van der Waals surface area contributed by atoms with Crippen molar-refractivity contribution in [2.75, 3.05) is 0 Å². The van der Waals surface area contributed by atoms with Gasteiger partial charge in [0.05, 0.1) is 0 Å². The maximum absolute atomic E-state index is 3.37. The lowest BCUT2D eigenvalue weighted by molar-refractivity contribution is 0.358. The van der Waals surface area contributed by atoms with Crippen LogP contribution in [0.3, 0.4) is 0 Å². The summed E-state index contributed by atoms with van der Waals surface area (Å²) in [6.45, 7) is 6.85. The third kappa shape index (κ3) is 2.76. The summed E-state index contributed by atoms with van der Waals surface area (Å²) < 4.78 is 0. The molecule has 0 amide bonds. The van der Waals surface area contributed by atoms with Gasteiger partial charge < -0.3 is 0 Å². The topological polar surface area (TPSA) is 0 Å². The van der Waals surface area contributed by atoms with E-state index < -0.39 is 0 Å². The van der Waals surface area contributed by atoms with Gasteiger partial charge in [0, 0.05) is 5.92 Å². The fourth-order valence-corrected chi connectivity index (χ4v) is 2.38. The zero-order valence-corrected chi connectivity index (χ0v) is 10.8. The molecular weight excluding hydrogens is 204 g/mol. The first-order chi connectivity index (χ1) is 8.09. The van der Waals surface area contributed by atoms with Crippen LogP contribution in [0.1, 0.15) is 37.8 Å². The normalized spacial score (nSPS) is 11.8. The van der Waals surface area contributed by atoms with Crippen molar-refractivity contribution in [1.29, 1.82) is 0 Å². The molecule has 0 spiro atoms. The van der Waals surface area contributed by atoms with Crippen molar-refractivity contribution in [3.05, 3.63) is 71.8 Å². The molecule has 1 unspecified atom stereocenters. The predicted molar refractivity (Wildman–Crippen MR) is 73.0 cm³/mol. The van der Waals surface area contributed by atoms with E-state index in [0.717, 1.165) is 0 Å². The van der Waals surface area contributed by atoms with E-state index in [4.69, 9.17) is 0 Å². The van der Waals surface area contributed by atoms with E-state index in [2.05, 4.69) is 69.3 Å². The van der Waals surface area contributed by atoms with Crippen LogP contribution in [-0.2, 0) is 0 Å². The predicted octanol–water partition coefficient (Wildman–Crippen LogP) is 4.66. The standard InChI is InChI=1S/C17H19/c1-17(2,3)16(14-10-6-4-7-11-14)15-12-8-5-9-13-15/h4-12,16H,1-3H3. The van der Waals surface area contributed by atoms with Crippen molar-refractivity contribution in [2.24, 2.45) is 5.41 Å². The van der Waals surface area contributed by atoms with Crippen molar-refractivity contribution in [1.82, 2.24) is 0 Å². The minimum atomic E-state index is 0.194. The first-order valence-electron chi connectivity index (χ1n) is 6.10. The third-order valence-electron chi connectivity index (χ3n) is 3.04. The fourth-order valence-electron chi connectivity index (χ4n) is 2.38. The molecule has 17 heavy (non-hydrogen) atoms. The van der Waals surface area contributed by atoms with E-state index in [0.29, 0.717) is 5.92 Å². The van der Waals surface area contributed by atoms with Crippen molar-refractivity contribution in [2.45, 2.75) is 26.7 Å². The quantitative estimate of drug-likeness (QED) is 0.694.